The Morgan fingerprint density at radius 1 is 1.83 bits per heavy atom. The van der Waals surface area contributed by atoms with Crippen LogP contribution in [0.1, 0.15) is 17.4 Å². The molecule has 3 N–H and O–H groups in total. The summed E-state index contributed by atoms with van der Waals surface area (Å²) in [5.41, 5.74) is 5.55. The summed E-state index contributed by atoms with van der Waals surface area (Å²) in [4.78, 5) is 17.4. The Labute approximate surface area is 77.4 Å². The van der Waals surface area contributed by atoms with Gasteiger partial charge in [0.25, 0.3) is 0 Å². The normalized spacial score (nSPS) is 9.83. The van der Waals surface area contributed by atoms with Crippen LogP contribution >= 0.6 is 15.9 Å². The first-order chi connectivity index (χ1) is 5.65. The monoisotopic (exact) mass is 233 g/mol. The van der Waals surface area contributed by atoms with Crippen LogP contribution in [-0.4, -0.2) is 22.5 Å². The third kappa shape index (κ3) is 1.76. The number of nitrogen functional groups attached to an aromatic ring is 1. The van der Waals surface area contributed by atoms with Gasteiger partial charge < -0.3 is 15.5 Å². The summed E-state index contributed by atoms with van der Waals surface area (Å²) in [6.07, 6.45) is 0. The van der Waals surface area contributed by atoms with E-state index in [0.717, 1.165) is 0 Å². The van der Waals surface area contributed by atoms with Gasteiger partial charge >= 0.3 is 5.97 Å². The minimum absolute atomic E-state index is 0.185. The minimum Gasteiger partial charge on any atom is -0.461 e. The van der Waals surface area contributed by atoms with Crippen LogP contribution in [0.4, 0.5) is 5.95 Å². The molecule has 0 bridgehead atoms. The third-order valence-electron chi connectivity index (χ3n) is 1.16. The summed E-state index contributed by atoms with van der Waals surface area (Å²) in [5.74, 6) is -0.279. The number of hydrogen-bond acceptors (Lipinski definition) is 4. The van der Waals surface area contributed by atoms with E-state index in [4.69, 9.17) is 10.5 Å². The van der Waals surface area contributed by atoms with Gasteiger partial charge in [-0.05, 0) is 22.9 Å². The predicted molar refractivity (Wildman–Crippen MR) is 46.7 cm³/mol. The van der Waals surface area contributed by atoms with E-state index in [-0.39, 0.29) is 11.6 Å². The predicted octanol–water partition coefficient (Wildman–Crippen LogP) is 0.931. The Bertz CT molecular complexity index is 297. The van der Waals surface area contributed by atoms with Crippen LogP contribution in [0.3, 0.4) is 0 Å². The molecule has 1 aromatic heterocycles. The van der Waals surface area contributed by atoms with Crippen LogP contribution < -0.4 is 5.73 Å². The van der Waals surface area contributed by atoms with E-state index in [2.05, 4.69) is 25.9 Å². The number of esters is 1. The molecule has 0 spiro atoms. The highest BCUT2D eigenvalue weighted by atomic mass is 79.9. The van der Waals surface area contributed by atoms with Crippen molar-refractivity contribution in [1.29, 1.82) is 0 Å². The molecular weight excluding hydrogens is 226 g/mol. The van der Waals surface area contributed by atoms with Crippen molar-refractivity contribution >= 4 is 27.8 Å². The molecule has 1 heterocycles. The first-order valence-corrected chi connectivity index (χ1v) is 4.12. The minimum atomic E-state index is -0.464. The van der Waals surface area contributed by atoms with E-state index in [1.54, 1.807) is 6.92 Å². The van der Waals surface area contributed by atoms with Gasteiger partial charge in [-0.15, -0.1) is 0 Å². The van der Waals surface area contributed by atoms with Crippen LogP contribution in [0.15, 0.2) is 4.60 Å². The number of rotatable bonds is 2. The third-order valence-corrected chi connectivity index (χ3v) is 1.73. The van der Waals surface area contributed by atoms with Gasteiger partial charge in [-0.3, -0.25) is 0 Å². The molecule has 0 saturated carbocycles. The number of anilines is 1. The lowest BCUT2D eigenvalue weighted by Crippen LogP contribution is -2.05. The molecule has 0 aliphatic rings. The van der Waals surface area contributed by atoms with Crippen molar-refractivity contribution < 1.29 is 9.53 Å². The fourth-order valence-corrected chi connectivity index (χ4v) is 1.16. The number of hydrogen-bond donors (Lipinski definition) is 2. The van der Waals surface area contributed by atoms with E-state index in [1.165, 1.54) is 0 Å². The molecule has 0 unspecified atom stereocenters. The van der Waals surface area contributed by atoms with Crippen LogP contribution in [0.5, 0.6) is 0 Å². The maximum absolute atomic E-state index is 11.1. The van der Waals surface area contributed by atoms with Gasteiger partial charge in [0.2, 0.25) is 0 Å². The molecule has 1 rings (SSSR count). The standard InChI is InChI=1S/C6H8BrN3O2/c1-2-12-5(11)3-4(7)10-6(8)9-3/h2H2,1H3,(H3,8,9,10). The highest BCUT2D eigenvalue weighted by molar-refractivity contribution is 9.10. The van der Waals surface area contributed by atoms with E-state index >= 15 is 0 Å². The number of aromatic amines is 1. The Morgan fingerprint density at radius 3 is 2.92 bits per heavy atom. The van der Waals surface area contributed by atoms with Crippen molar-refractivity contribution in [2.45, 2.75) is 6.92 Å². The number of carbonyl (C=O) groups is 1. The van der Waals surface area contributed by atoms with Crippen LogP contribution in [0.25, 0.3) is 0 Å². The lowest BCUT2D eigenvalue weighted by molar-refractivity contribution is 0.0519. The fourth-order valence-electron chi connectivity index (χ4n) is 0.708. The second kappa shape index (κ2) is 3.57. The molecular formula is C6H8BrN3O2. The SMILES string of the molecule is CCOC(=O)c1[nH]c(N)nc1Br. The van der Waals surface area contributed by atoms with Crippen LogP contribution in [0.2, 0.25) is 0 Å². The Balaban J connectivity index is 2.87. The van der Waals surface area contributed by atoms with Crippen molar-refractivity contribution in [3.8, 4) is 0 Å². The number of H-pyrrole nitrogens is 1. The smallest absolute Gasteiger partial charge is 0.357 e. The molecule has 0 amide bonds. The molecule has 0 radical (unpaired) electrons. The van der Waals surface area contributed by atoms with Gasteiger partial charge in [0.05, 0.1) is 6.61 Å². The molecule has 0 aromatic carbocycles. The first kappa shape index (κ1) is 9.05. The molecule has 66 valence electrons. The summed E-state index contributed by atoms with van der Waals surface area (Å²) < 4.78 is 5.10. The zero-order chi connectivity index (χ0) is 9.14. The molecule has 0 fully saturated rings. The number of imidazole rings is 1. The quantitative estimate of drug-likeness (QED) is 0.746. The van der Waals surface area contributed by atoms with E-state index < -0.39 is 5.97 Å². The molecule has 0 aliphatic heterocycles. The van der Waals surface area contributed by atoms with E-state index in [9.17, 15) is 4.79 Å². The maximum Gasteiger partial charge on any atom is 0.357 e. The zero-order valence-electron chi connectivity index (χ0n) is 6.43. The number of nitrogens with two attached hydrogens (primary N) is 1. The van der Waals surface area contributed by atoms with E-state index in [1.807, 2.05) is 0 Å². The van der Waals surface area contributed by atoms with Crippen LogP contribution in [0, 0.1) is 0 Å². The highest BCUT2D eigenvalue weighted by Gasteiger charge is 2.14. The number of ether oxygens (including phenoxy) is 1. The Morgan fingerprint density at radius 2 is 2.50 bits per heavy atom. The Hall–Kier alpha value is -1.04. The average molecular weight is 234 g/mol. The summed E-state index contributed by atoms with van der Waals surface area (Å²) in [6.45, 7) is 2.05. The molecule has 0 atom stereocenters. The largest absolute Gasteiger partial charge is 0.461 e. The molecule has 12 heavy (non-hydrogen) atoms. The van der Waals surface area contributed by atoms with Gasteiger partial charge in [-0.1, -0.05) is 0 Å². The maximum atomic E-state index is 11.1. The van der Waals surface area contributed by atoms with Gasteiger partial charge in [-0.2, -0.15) is 0 Å². The van der Waals surface area contributed by atoms with Gasteiger partial charge in [0.15, 0.2) is 11.6 Å². The van der Waals surface area contributed by atoms with Gasteiger partial charge in [0.1, 0.15) is 4.60 Å². The number of aromatic nitrogens is 2. The van der Waals surface area contributed by atoms with Crippen molar-refractivity contribution in [3.63, 3.8) is 0 Å². The van der Waals surface area contributed by atoms with E-state index in [0.29, 0.717) is 11.2 Å². The number of carbonyl (C=O) groups excluding carboxylic acids is 1. The molecule has 1 aromatic rings. The molecule has 6 heteroatoms. The average Bonchev–Trinajstić information content (AvgIpc) is 2.30. The number of nitrogens with one attached hydrogen (secondary N) is 1. The lowest BCUT2D eigenvalue weighted by Gasteiger charge is -1.97. The Kier molecular flexibility index (Phi) is 2.69. The number of halogens is 1. The van der Waals surface area contributed by atoms with Gasteiger partial charge in [-0.25, -0.2) is 9.78 Å². The lowest BCUT2D eigenvalue weighted by atomic mass is 10.5. The summed E-state index contributed by atoms with van der Waals surface area (Å²) in [6, 6.07) is 0. The number of nitrogens with zero attached hydrogens (tertiary/aromatic N) is 1. The van der Waals surface area contributed by atoms with Crippen molar-refractivity contribution in [1.82, 2.24) is 9.97 Å². The molecule has 0 aliphatic carbocycles. The highest BCUT2D eigenvalue weighted by Crippen LogP contribution is 2.15. The fraction of sp³-hybridized carbons (Fsp3) is 0.333. The molecule has 5 nitrogen and oxygen atoms in total. The van der Waals surface area contributed by atoms with Crippen molar-refractivity contribution in [2.24, 2.45) is 0 Å². The summed E-state index contributed by atoms with van der Waals surface area (Å²) >= 11 is 3.06. The van der Waals surface area contributed by atoms with Crippen molar-refractivity contribution in [2.75, 3.05) is 12.3 Å². The zero-order valence-corrected chi connectivity index (χ0v) is 8.01. The second-order valence-electron chi connectivity index (χ2n) is 2.01. The summed E-state index contributed by atoms with van der Waals surface area (Å²) in [5, 5.41) is 0. The van der Waals surface area contributed by atoms with Gasteiger partial charge in [0, 0.05) is 0 Å². The first-order valence-electron chi connectivity index (χ1n) is 3.33. The molecule has 0 saturated heterocycles. The summed E-state index contributed by atoms with van der Waals surface area (Å²) in [7, 11) is 0. The second-order valence-corrected chi connectivity index (χ2v) is 2.76. The van der Waals surface area contributed by atoms with Crippen molar-refractivity contribution in [3.05, 3.63) is 10.3 Å². The van der Waals surface area contributed by atoms with Crippen LogP contribution in [-0.2, 0) is 4.74 Å². The topological polar surface area (TPSA) is 81.0 Å².